The van der Waals surface area contributed by atoms with Gasteiger partial charge in [0.15, 0.2) is 0 Å². The highest BCUT2D eigenvalue weighted by molar-refractivity contribution is 6.33. The Morgan fingerprint density at radius 2 is 1.85 bits per heavy atom. The van der Waals surface area contributed by atoms with Gasteiger partial charge in [0.1, 0.15) is 5.82 Å². The van der Waals surface area contributed by atoms with Crippen LogP contribution in [0, 0.1) is 12.7 Å². The summed E-state index contributed by atoms with van der Waals surface area (Å²) in [5, 5.41) is 2.96. The van der Waals surface area contributed by atoms with E-state index in [1.54, 1.807) is 0 Å². The predicted molar refractivity (Wildman–Crippen MR) is 103 cm³/mol. The Morgan fingerprint density at radius 1 is 1.12 bits per heavy atom. The lowest BCUT2D eigenvalue weighted by Crippen LogP contribution is -2.48. The number of carbonyl (C=O) groups is 1. The number of nitrogens with zero attached hydrogens (tertiary/aromatic N) is 2. The average Bonchev–Trinajstić information content (AvgIpc) is 2.59. The second-order valence-electron chi connectivity index (χ2n) is 6.71. The molecular weight excluding hydrogens is 353 g/mol. The van der Waals surface area contributed by atoms with Crippen molar-refractivity contribution in [2.75, 3.05) is 38.0 Å². The van der Waals surface area contributed by atoms with E-state index in [9.17, 15) is 9.18 Å². The van der Waals surface area contributed by atoms with E-state index in [0.717, 1.165) is 32.7 Å². The van der Waals surface area contributed by atoms with Gasteiger partial charge in [0.2, 0.25) is 5.91 Å². The second-order valence-corrected chi connectivity index (χ2v) is 7.12. The first kappa shape index (κ1) is 18.8. The van der Waals surface area contributed by atoms with Crippen LogP contribution in [0.1, 0.15) is 11.1 Å². The first-order chi connectivity index (χ1) is 12.5. The van der Waals surface area contributed by atoms with Crippen LogP contribution in [0.15, 0.2) is 42.5 Å². The molecule has 4 nitrogen and oxygen atoms in total. The highest BCUT2D eigenvalue weighted by Gasteiger charge is 2.19. The SMILES string of the molecule is Cc1cccc(CN2CCN(CC(=O)Nc3ccc(F)cc3Cl)CC2)c1. The fourth-order valence-corrected chi connectivity index (χ4v) is 3.37. The maximum absolute atomic E-state index is 13.1. The van der Waals surface area contributed by atoms with Crippen molar-refractivity contribution in [3.05, 3.63) is 64.4 Å². The normalized spacial score (nSPS) is 15.8. The third-order valence-corrected chi connectivity index (χ3v) is 4.84. The number of piperazine rings is 1. The molecule has 0 radical (unpaired) electrons. The summed E-state index contributed by atoms with van der Waals surface area (Å²) in [6.07, 6.45) is 0. The summed E-state index contributed by atoms with van der Waals surface area (Å²) in [4.78, 5) is 16.7. The van der Waals surface area contributed by atoms with Crippen LogP contribution in [-0.2, 0) is 11.3 Å². The number of halogens is 2. The Bertz CT molecular complexity index is 775. The van der Waals surface area contributed by atoms with Crippen LogP contribution in [0.2, 0.25) is 5.02 Å². The monoisotopic (exact) mass is 375 g/mol. The van der Waals surface area contributed by atoms with E-state index < -0.39 is 5.82 Å². The van der Waals surface area contributed by atoms with E-state index in [1.807, 2.05) is 0 Å². The number of nitrogens with one attached hydrogen (secondary N) is 1. The average molecular weight is 376 g/mol. The van der Waals surface area contributed by atoms with Gasteiger partial charge in [0, 0.05) is 32.7 Å². The number of rotatable bonds is 5. The number of hydrogen-bond donors (Lipinski definition) is 1. The quantitative estimate of drug-likeness (QED) is 0.868. The number of benzene rings is 2. The molecule has 26 heavy (non-hydrogen) atoms. The highest BCUT2D eigenvalue weighted by atomic mass is 35.5. The molecule has 0 spiro atoms. The summed E-state index contributed by atoms with van der Waals surface area (Å²) in [5.74, 6) is -0.552. The number of anilines is 1. The van der Waals surface area contributed by atoms with Gasteiger partial charge in [-0.05, 0) is 30.7 Å². The lowest BCUT2D eigenvalue weighted by Gasteiger charge is -2.34. The van der Waals surface area contributed by atoms with Crippen molar-refractivity contribution in [2.45, 2.75) is 13.5 Å². The van der Waals surface area contributed by atoms with E-state index in [4.69, 9.17) is 11.6 Å². The Morgan fingerprint density at radius 3 is 2.54 bits per heavy atom. The van der Waals surface area contributed by atoms with E-state index in [-0.39, 0.29) is 10.9 Å². The Balaban J connectivity index is 1.45. The van der Waals surface area contributed by atoms with Crippen molar-refractivity contribution in [3.63, 3.8) is 0 Å². The lowest BCUT2D eigenvalue weighted by atomic mass is 10.1. The number of amides is 1. The van der Waals surface area contributed by atoms with Gasteiger partial charge in [-0.15, -0.1) is 0 Å². The van der Waals surface area contributed by atoms with Gasteiger partial charge in [-0.25, -0.2) is 4.39 Å². The van der Waals surface area contributed by atoms with Gasteiger partial charge in [-0.2, -0.15) is 0 Å². The molecule has 1 N–H and O–H groups in total. The number of hydrogen-bond acceptors (Lipinski definition) is 3. The van der Waals surface area contributed by atoms with Gasteiger partial charge in [0.25, 0.3) is 0 Å². The molecule has 0 bridgehead atoms. The smallest absolute Gasteiger partial charge is 0.238 e. The lowest BCUT2D eigenvalue weighted by molar-refractivity contribution is -0.117. The van der Waals surface area contributed by atoms with Gasteiger partial charge < -0.3 is 5.32 Å². The molecule has 1 amide bonds. The van der Waals surface area contributed by atoms with Crippen molar-refractivity contribution < 1.29 is 9.18 Å². The third-order valence-electron chi connectivity index (χ3n) is 4.53. The minimum atomic E-state index is -0.419. The standard InChI is InChI=1S/C20H23ClFN3O/c1-15-3-2-4-16(11-15)13-24-7-9-25(10-8-24)14-20(26)23-19-6-5-17(22)12-18(19)21/h2-6,11-12H,7-10,13-14H2,1H3,(H,23,26). The minimum absolute atomic E-state index is 0.134. The summed E-state index contributed by atoms with van der Waals surface area (Å²) in [6.45, 7) is 6.90. The second kappa shape index (κ2) is 8.62. The van der Waals surface area contributed by atoms with Gasteiger partial charge in [-0.1, -0.05) is 41.4 Å². The third kappa shape index (κ3) is 5.27. The van der Waals surface area contributed by atoms with Crippen molar-refractivity contribution in [2.24, 2.45) is 0 Å². The molecule has 2 aromatic carbocycles. The summed E-state index contributed by atoms with van der Waals surface area (Å²) in [5.41, 5.74) is 3.04. The van der Waals surface area contributed by atoms with Crippen molar-refractivity contribution in [1.29, 1.82) is 0 Å². The van der Waals surface area contributed by atoms with Gasteiger partial charge in [-0.3, -0.25) is 14.6 Å². The molecule has 2 aromatic rings. The zero-order valence-electron chi connectivity index (χ0n) is 14.8. The highest BCUT2D eigenvalue weighted by Crippen LogP contribution is 2.22. The number of carbonyl (C=O) groups excluding carboxylic acids is 1. The topological polar surface area (TPSA) is 35.6 Å². The van der Waals surface area contributed by atoms with Crippen LogP contribution < -0.4 is 5.32 Å². The molecule has 6 heteroatoms. The number of aryl methyl sites for hydroxylation is 1. The van der Waals surface area contributed by atoms with Crippen molar-refractivity contribution in [1.82, 2.24) is 9.80 Å². The van der Waals surface area contributed by atoms with Crippen LogP contribution >= 0.6 is 11.6 Å². The molecule has 0 atom stereocenters. The largest absolute Gasteiger partial charge is 0.324 e. The predicted octanol–water partition coefficient (Wildman–Crippen LogP) is 3.54. The maximum atomic E-state index is 13.1. The van der Waals surface area contributed by atoms with Crippen LogP contribution in [-0.4, -0.2) is 48.4 Å². The minimum Gasteiger partial charge on any atom is -0.324 e. The molecule has 0 aromatic heterocycles. The fourth-order valence-electron chi connectivity index (χ4n) is 3.16. The van der Waals surface area contributed by atoms with Gasteiger partial charge >= 0.3 is 0 Å². The summed E-state index contributed by atoms with van der Waals surface area (Å²) in [6, 6.07) is 12.5. The van der Waals surface area contributed by atoms with Crippen molar-refractivity contribution >= 4 is 23.2 Å². The molecule has 1 heterocycles. The van der Waals surface area contributed by atoms with Gasteiger partial charge in [0.05, 0.1) is 17.3 Å². The van der Waals surface area contributed by atoms with E-state index in [1.165, 1.54) is 29.3 Å². The summed E-state index contributed by atoms with van der Waals surface area (Å²) < 4.78 is 13.1. The van der Waals surface area contributed by atoms with E-state index in [0.29, 0.717) is 12.2 Å². The Hall–Kier alpha value is -1.95. The first-order valence-electron chi connectivity index (χ1n) is 8.75. The molecule has 1 aliphatic rings. The molecule has 3 rings (SSSR count). The molecule has 0 unspecified atom stereocenters. The Labute approximate surface area is 158 Å². The molecule has 1 aliphatic heterocycles. The maximum Gasteiger partial charge on any atom is 0.238 e. The molecule has 0 aliphatic carbocycles. The summed E-state index contributed by atoms with van der Waals surface area (Å²) in [7, 11) is 0. The molecule has 1 saturated heterocycles. The van der Waals surface area contributed by atoms with Crippen LogP contribution in [0.3, 0.4) is 0 Å². The van der Waals surface area contributed by atoms with Crippen LogP contribution in [0.4, 0.5) is 10.1 Å². The summed E-state index contributed by atoms with van der Waals surface area (Å²) >= 11 is 5.95. The van der Waals surface area contributed by atoms with Crippen LogP contribution in [0.5, 0.6) is 0 Å². The van der Waals surface area contributed by atoms with E-state index >= 15 is 0 Å². The van der Waals surface area contributed by atoms with E-state index in [2.05, 4.69) is 46.3 Å². The fraction of sp³-hybridized carbons (Fsp3) is 0.350. The molecule has 0 saturated carbocycles. The molecule has 138 valence electrons. The van der Waals surface area contributed by atoms with Crippen LogP contribution in [0.25, 0.3) is 0 Å². The zero-order chi connectivity index (χ0) is 18.5. The molecular formula is C20H23ClFN3O. The first-order valence-corrected chi connectivity index (χ1v) is 9.12. The zero-order valence-corrected chi connectivity index (χ0v) is 15.6. The Kier molecular flexibility index (Phi) is 6.25. The molecule has 1 fully saturated rings. The van der Waals surface area contributed by atoms with Crippen molar-refractivity contribution in [3.8, 4) is 0 Å².